The zero-order valence-corrected chi connectivity index (χ0v) is 11.3. The molecule has 0 bridgehead atoms. The van der Waals surface area contributed by atoms with Crippen molar-refractivity contribution in [3.63, 3.8) is 0 Å². The van der Waals surface area contributed by atoms with E-state index in [2.05, 4.69) is 15.4 Å². The van der Waals surface area contributed by atoms with E-state index in [4.69, 9.17) is 11.6 Å². The van der Waals surface area contributed by atoms with Crippen LogP contribution in [-0.2, 0) is 0 Å². The molecule has 3 aromatic rings. The molecule has 2 aromatic carbocycles. The second-order valence-corrected chi connectivity index (χ2v) is 4.60. The van der Waals surface area contributed by atoms with Crippen molar-refractivity contribution in [2.24, 2.45) is 0 Å². The van der Waals surface area contributed by atoms with Gasteiger partial charge in [0.2, 0.25) is 0 Å². The van der Waals surface area contributed by atoms with Crippen LogP contribution >= 0.6 is 11.6 Å². The highest BCUT2D eigenvalue weighted by Gasteiger charge is 2.02. The van der Waals surface area contributed by atoms with Crippen LogP contribution in [0.4, 0.5) is 0 Å². The van der Waals surface area contributed by atoms with E-state index < -0.39 is 0 Å². The van der Waals surface area contributed by atoms with Crippen LogP contribution in [0.1, 0.15) is 11.4 Å². The Morgan fingerprint density at radius 2 is 1.80 bits per heavy atom. The molecule has 1 heterocycles. The van der Waals surface area contributed by atoms with E-state index in [-0.39, 0.29) is 0 Å². The Labute approximate surface area is 121 Å². The van der Waals surface area contributed by atoms with Crippen molar-refractivity contribution in [2.75, 3.05) is 0 Å². The normalized spacial score (nSPS) is 11.1. The maximum Gasteiger partial charge on any atom is 0.198 e. The summed E-state index contributed by atoms with van der Waals surface area (Å²) in [4.78, 5) is 1.45. The minimum Gasteiger partial charge on any atom is -0.130 e. The van der Waals surface area contributed by atoms with Gasteiger partial charge in [-0.3, -0.25) is 0 Å². The highest BCUT2D eigenvalue weighted by atomic mass is 35.5. The molecule has 0 atom stereocenters. The minimum atomic E-state index is 0.550. The fourth-order valence-corrected chi connectivity index (χ4v) is 1.92. The van der Waals surface area contributed by atoms with Crippen LogP contribution in [0, 0.1) is 0 Å². The first-order valence-corrected chi connectivity index (χ1v) is 6.48. The Balaban J connectivity index is 1.82. The Bertz CT molecular complexity index is 734. The van der Waals surface area contributed by atoms with E-state index in [0.29, 0.717) is 10.8 Å². The molecule has 5 heteroatoms. The topological polar surface area (TPSA) is 43.6 Å². The lowest BCUT2D eigenvalue weighted by molar-refractivity contribution is 0.719. The Morgan fingerprint density at radius 1 is 0.950 bits per heavy atom. The minimum absolute atomic E-state index is 0.550. The number of benzene rings is 2. The van der Waals surface area contributed by atoms with Gasteiger partial charge in [-0.15, -0.1) is 15.0 Å². The molecular weight excluding hydrogens is 272 g/mol. The van der Waals surface area contributed by atoms with Gasteiger partial charge >= 0.3 is 0 Å². The molecule has 0 unspecified atom stereocenters. The second kappa shape index (κ2) is 5.67. The number of tetrazole rings is 1. The quantitative estimate of drug-likeness (QED) is 0.738. The lowest BCUT2D eigenvalue weighted by Crippen LogP contribution is -1.98. The summed E-state index contributed by atoms with van der Waals surface area (Å²) in [5, 5.41) is 12.9. The van der Waals surface area contributed by atoms with Crippen LogP contribution < -0.4 is 0 Å². The SMILES string of the molecule is Clc1cccc(-n2nnc(C=Cc3ccccc3)n2)c1. The summed E-state index contributed by atoms with van der Waals surface area (Å²) in [5.74, 6) is 0.550. The van der Waals surface area contributed by atoms with Gasteiger partial charge in [-0.05, 0) is 35.1 Å². The number of hydrogen-bond donors (Lipinski definition) is 0. The summed E-state index contributed by atoms with van der Waals surface area (Å²) in [6.45, 7) is 0. The van der Waals surface area contributed by atoms with E-state index in [1.54, 1.807) is 12.1 Å². The largest absolute Gasteiger partial charge is 0.198 e. The number of aromatic nitrogens is 4. The Hall–Kier alpha value is -2.46. The van der Waals surface area contributed by atoms with Gasteiger partial charge in [0, 0.05) is 5.02 Å². The van der Waals surface area contributed by atoms with Crippen molar-refractivity contribution in [3.8, 4) is 5.69 Å². The van der Waals surface area contributed by atoms with Crippen LogP contribution in [0.5, 0.6) is 0 Å². The molecule has 0 radical (unpaired) electrons. The van der Waals surface area contributed by atoms with E-state index >= 15 is 0 Å². The van der Waals surface area contributed by atoms with E-state index in [0.717, 1.165) is 11.3 Å². The molecule has 0 aliphatic heterocycles. The van der Waals surface area contributed by atoms with Crippen molar-refractivity contribution in [3.05, 3.63) is 71.0 Å². The van der Waals surface area contributed by atoms with Gasteiger partial charge in [-0.25, -0.2) is 0 Å². The fourth-order valence-electron chi connectivity index (χ4n) is 1.74. The summed E-state index contributed by atoms with van der Waals surface area (Å²) in [7, 11) is 0. The number of halogens is 1. The van der Waals surface area contributed by atoms with E-state index in [9.17, 15) is 0 Å². The third-order valence-electron chi connectivity index (χ3n) is 2.69. The molecule has 0 aliphatic rings. The molecule has 0 saturated heterocycles. The fraction of sp³-hybridized carbons (Fsp3) is 0. The summed E-state index contributed by atoms with van der Waals surface area (Å²) in [6, 6.07) is 17.3. The summed E-state index contributed by atoms with van der Waals surface area (Å²) in [5.41, 5.74) is 1.87. The zero-order valence-electron chi connectivity index (χ0n) is 10.5. The summed E-state index contributed by atoms with van der Waals surface area (Å²) in [6.07, 6.45) is 3.77. The second-order valence-electron chi connectivity index (χ2n) is 4.16. The van der Waals surface area contributed by atoms with Gasteiger partial charge in [0.05, 0.1) is 5.69 Å². The molecule has 98 valence electrons. The van der Waals surface area contributed by atoms with Crippen molar-refractivity contribution < 1.29 is 0 Å². The molecule has 0 saturated carbocycles. The molecule has 0 spiro atoms. The lowest BCUT2D eigenvalue weighted by atomic mass is 10.2. The zero-order chi connectivity index (χ0) is 13.8. The van der Waals surface area contributed by atoms with E-state index in [1.165, 1.54) is 4.80 Å². The lowest BCUT2D eigenvalue weighted by Gasteiger charge is -1.97. The Kier molecular flexibility index (Phi) is 3.56. The highest BCUT2D eigenvalue weighted by Crippen LogP contribution is 2.13. The third kappa shape index (κ3) is 2.92. The van der Waals surface area contributed by atoms with Gasteiger partial charge in [-0.2, -0.15) is 0 Å². The first kappa shape index (κ1) is 12.6. The standard InChI is InChI=1S/C15H11ClN4/c16-13-7-4-8-14(11-13)20-18-15(17-19-20)10-9-12-5-2-1-3-6-12/h1-11H. The van der Waals surface area contributed by atoms with Crippen molar-refractivity contribution in [2.45, 2.75) is 0 Å². The monoisotopic (exact) mass is 282 g/mol. The van der Waals surface area contributed by atoms with Crippen LogP contribution in [-0.4, -0.2) is 20.2 Å². The molecule has 0 aliphatic carbocycles. The van der Waals surface area contributed by atoms with Gasteiger partial charge in [-0.1, -0.05) is 54.1 Å². The molecule has 0 amide bonds. The smallest absolute Gasteiger partial charge is 0.130 e. The van der Waals surface area contributed by atoms with Gasteiger partial charge in [0.1, 0.15) is 0 Å². The maximum atomic E-state index is 5.94. The van der Waals surface area contributed by atoms with Gasteiger partial charge in [0.15, 0.2) is 5.82 Å². The first-order chi connectivity index (χ1) is 9.81. The molecule has 0 N–H and O–H groups in total. The van der Waals surface area contributed by atoms with E-state index in [1.807, 2.05) is 54.6 Å². The number of nitrogens with zero attached hydrogens (tertiary/aromatic N) is 4. The molecular formula is C15H11ClN4. The van der Waals surface area contributed by atoms with Crippen molar-refractivity contribution >= 4 is 23.8 Å². The van der Waals surface area contributed by atoms with Crippen LogP contribution in [0.15, 0.2) is 54.6 Å². The van der Waals surface area contributed by atoms with Crippen LogP contribution in [0.3, 0.4) is 0 Å². The summed E-state index contributed by atoms with van der Waals surface area (Å²) < 4.78 is 0. The molecule has 0 fully saturated rings. The van der Waals surface area contributed by atoms with Crippen LogP contribution in [0.2, 0.25) is 5.02 Å². The van der Waals surface area contributed by atoms with Gasteiger partial charge < -0.3 is 0 Å². The predicted molar refractivity (Wildman–Crippen MR) is 79.5 cm³/mol. The highest BCUT2D eigenvalue weighted by molar-refractivity contribution is 6.30. The molecule has 20 heavy (non-hydrogen) atoms. The van der Waals surface area contributed by atoms with Crippen molar-refractivity contribution in [1.29, 1.82) is 0 Å². The molecule has 4 nitrogen and oxygen atoms in total. The number of rotatable bonds is 3. The first-order valence-electron chi connectivity index (χ1n) is 6.10. The predicted octanol–water partition coefficient (Wildman–Crippen LogP) is 3.49. The maximum absolute atomic E-state index is 5.94. The summed E-state index contributed by atoms with van der Waals surface area (Å²) >= 11 is 5.94. The van der Waals surface area contributed by atoms with Crippen molar-refractivity contribution in [1.82, 2.24) is 20.2 Å². The third-order valence-corrected chi connectivity index (χ3v) is 2.93. The number of hydrogen-bond acceptors (Lipinski definition) is 3. The average molecular weight is 283 g/mol. The molecule has 3 rings (SSSR count). The average Bonchev–Trinajstić information content (AvgIpc) is 2.95. The Morgan fingerprint density at radius 3 is 2.60 bits per heavy atom. The van der Waals surface area contributed by atoms with Crippen LogP contribution in [0.25, 0.3) is 17.8 Å². The molecule has 1 aromatic heterocycles. The van der Waals surface area contributed by atoms with Gasteiger partial charge in [0.25, 0.3) is 0 Å².